The van der Waals surface area contributed by atoms with Gasteiger partial charge in [0.15, 0.2) is 0 Å². The average molecular weight is 369 g/mol. The SMILES string of the molecule is CCCc1ccc(-c2cc(CC)ccc2F)c(C(CC)C(C)(C)CCC)c1. The van der Waals surface area contributed by atoms with Crippen LogP contribution in [0.2, 0.25) is 0 Å². The quantitative estimate of drug-likeness (QED) is 0.417. The Morgan fingerprint density at radius 2 is 1.56 bits per heavy atom. The summed E-state index contributed by atoms with van der Waals surface area (Å²) in [6.45, 7) is 13.6. The molecule has 0 bridgehead atoms. The first-order valence-electron chi connectivity index (χ1n) is 10.8. The third kappa shape index (κ3) is 5.00. The molecule has 1 heteroatoms. The third-order valence-electron chi connectivity index (χ3n) is 6.01. The van der Waals surface area contributed by atoms with Gasteiger partial charge in [0.1, 0.15) is 5.82 Å². The topological polar surface area (TPSA) is 0 Å². The summed E-state index contributed by atoms with van der Waals surface area (Å²) < 4.78 is 14.8. The van der Waals surface area contributed by atoms with Gasteiger partial charge in [0, 0.05) is 5.56 Å². The van der Waals surface area contributed by atoms with Crippen LogP contribution in [0.25, 0.3) is 11.1 Å². The average Bonchev–Trinajstić information content (AvgIpc) is 2.63. The van der Waals surface area contributed by atoms with Crippen LogP contribution >= 0.6 is 0 Å². The largest absolute Gasteiger partial charge is 0.206 e. The first-order chi connectivity index (χ1) is 12.9. The second kappa shape index (κ2) is 9.53. The van der Waals surface area contributed by atoms with Gasteiger partial charge in [-0.05, 0) is 71.4 Å². The number of hydrogen-bond acceptors (Lipinski definition) is 0. The highest BCUT2D eigenvalue weighted by Gasteiger charge is 2.31. The lowest BCUT2D eigenvalue weighted by Crippen LogP contribution is -2.22. The van der Waals surface area contributed by atoms with E-state index in [-0.39, 0.29) is 11.2 Å². The van der Waals surface area contributed by atoms with Gasteiger partial charge in [-0.3, -0.25) is 0 Å². The van der Waals surface area contributed by atoms with Crippen molar-refractivity contribution < 1.29 is 4.39 Å². The van der Waals surface area contributed by atoms with Crippen molar-refractivity contribution >= 4 is 0 Å². The first-order valence-corrected chi connectivity index (χ1v) is 10.8. The van der Waals surface area contributed by atoms with Gasteiger partial charge >= 0.3 is 0 Å². The summed E-state index contributed by atoms with van der Waals surface area (Å²) in [5.41, 5.74) is 5.93. The highest BCUT2D eigenvalue weighted by Crippen LogP contribution is 2.45. The van der Waals surface area contributed by atoms with Crippen LogP contribution < -0.4 is 0 Å². The minimum absolute atomic E-state index is 0.111. The highest BCUT2D eigenvalue weighted by atomic mass is 19.1. The Bertz CT molecular complexity index is 742. The zero-order valence-electron chi connectivity index (χ0n) is 18.2. The second-order valence-electron chi connectivity index (χ2n) is 8.54. The number of rotatable bonds is 9. The van der Waals surface area contributed by atoms with Crippen molar-refractivity contribution in [2.45, 2.75) is 86.0 Å². The van der Waals surface area contributed by atoms with E-state index < -0.39 is 0 Å². The van der Waals surface area contributed by atoms with Gasteiger partial charge in [0.25, 0.3) is 0 Å². The molecule has 0 amide bonds. The number of halogens is 1. The van der Waals surface area contributed by atoms with E-state index in [0.29, 0.717) is 5.92 Å². The van der Waals surface area contributed by atoms with E-state index in [1.807, 2.05) is 12.1 Å². The minimum atomic E-state index is -0.111. The summed E-state index contributed by atoms with van der Waals surface area (Å²) in [7, 11) is 0. The smallest absolute Gasteiger partial charge is 0.131 e. The maximum absolute atomic E-state index is 14.8. The van der Waals surface area contributed by atoms with Crippen LogP contribution in [0, 0.1) is 11.2 Å². The van der Waals surface area contributed by atoms with E-state index in [9.17, 15) is 4.39 Å². The molecule has 0 nitrogen and oxygen atoms in total. The van der Waals surface area contributed by atoms with E-state index in [1.54, 1.807) is 6.07 Å². The van der Waals surface area contributed by atoms with E-state index in [1.165, 1.54) is 29.5 Å². The van der Waals surface area contributed by atoms with Crippen molar-refractivity contribution in [1.82, 2.24) is 0 Å². The number of benzene rings is 2. The van der Waals surface area contributed by atoms with Gasteiger partial charge in [-0.1, -0.05) is 78.6 Å². The Labute approximate surface area is 166 Å². The predicted octanol–water partition coefficient (Wildman–Crippen LogP) is 8.33. The van der Waals surface area contributed by atoms with Gasteiger partial charge in [-0.2, -0.15) is 0 Å². The molecule has 1 atom stereocenters. The molecule has 0 fully saturated rings. The number of aryl methyl sites for hydroxylation is 2. The van der Waals surface area contributed by atoms with Crippen molar-refractivity contribution in [2.24, 2.45) is 5.41 Å². The molecule has 27 heavy (non-hydrogen) atoms. The molecule has 0 aliphatic rings. The summed E-state index contributed by atoms with van der Waals surface area (Å²) in [5.74, 6) is 0.314. The lowest BCUT2D eigenvalue weighted by Gasteiger charge is -2.36. The van der Waals surface area contributed by atoms with E-state index in [4.69, 9.17) is 0 Å². The fourth-order valence-electron chi connectivity index (χ4n) is 4.60. The predicted molar refractivity (Wildman–Crippen MR) is 117 cm³/mol. The van der Waals surface area contributed by atoms with Gasteiger partial charge in [0.2, 0.25) is 0 Å². The van der Waals surface area contributed by atoms with E-state index in [2.05, 4.69) is 59.7 Å². The van der Waals surface area contributed by atoms with Crippen molar-refractivity contribution in [1.29, 1.82) is 0 Å². The lowest BCUT2D eigenvalue weighted by molar-refractivity contribution is 0.253. The van der Waals surface area contributed by atoms with E-state index in [0.717, 1.165) is 36.8 Å². The molecular weight excluding hydrogens is 331 g/mol. The summed E-state index contributed by atoms with van der Waals surface area (Å²) in [6.07, 6.45) is 6.57. The first kappa shape index (κ1) is 21.7. The van der Waals surface area contributed by atoms with Crippen molar-refractivity contribution in [2.75, 3.05) is 0 Å². The molecule has 0 radical (unpaired) electrons. The maximum atomic E-state index is 14.8. The van der Waals surface area contributed by atoms with Crippen LogP contribution in [-0.4, -0.2) is 0 Å². The summed E-state index contributed by atoms with van der Waals surface area (Å²) in [6, 6.07) is 12.3. The normalized spacial score (nSPS) is 13.0. The second-order valence-corrected chi connectivity index (χ2v) is 8.54. The van der Waals surface area contributed by atoms with Crippen LogP contribution in [-0.2, 0) is 12.8 Å². The van der Waals surface area contributed by atoms with Crippen LogP contribution in [0.15, 0.2) is 36.4 Å². The van der Waals surface area contributed by atoms with Gasteiger partial charge in [0.05, 0.1) is 0 Å². The maximum Gasteiger partial charge on any atom is 0.131 e. The highest BCUT2D eigenvalue weighted by molar-refractivity contribution is 5.70. The van der Waals surface area contributed by atoms with Crippen LogP contribution in [0.5, 0.6) is 0 Å². The molecule has 2 rings (SSSR count). The molecule has 148 valence electrons. The third-order valence-corrected chi connectivity index (χ3v) is 6.01. The molecule has 0 aliphatic heterocycles. The molecule has 0 heterocycles. The molecule has 0 saturated carbocycles. The summed E-state index contributed by atoms with van der Waals surface area (Å²) >= 11 is 0. The fraction of sp³-hybridized carbons (Fsp3) is 0.538. The molecule has 0 aliphatic carbocycles. The number of hydrogen-bond donors (Lipinski definition) is 0. The summed E-state index contributed by atoms with van der Waals surface area (Å²) in [4.78, 5) is 0. The Kier molecular flexibility index (Phi) is 7.65. The molecule has 0 N–H and O–H groups in total. The molecule has 0 aromatic heterocycles. The molecule has 0 saturated heterocycles. The van der Waals surface area contributed by atoms with Crippen molar-refractivity contribution in [3.63, 3.8) is 0 Å². The standard InChI is InChI=1S/C26H37F/c1-7-11-20-12-14-21(23-17-19(9-3)13-15-25(23)27)22(18-20)24(10-4)26(5,6)16-8-2/h12-15,17-18,24H,7-11,16H2,1-6H3. The minimum Gasteiger partial charge on any atom is -0.206 e. The van der Waals surface area contributed by atoms with E-state index >= 15 is 0 Å². The van der Waals surface area contributed by atoms with Gasteiger partial charge < -0.3 is 0 Å². The Morgan fingerprint density at radius 1 is 0.852 bits per heavy atom. The lowest BCUT2D eigenvalue weighted by atomic mass is 9.69. The van der Waals surface area contributed by atoms with Gasteiger partial charge in [-0.15, -0.1) is 0 Å². The molecule has 1 unspecified atom stereocenters. The summed E-state index contributed by atoms with van der Waals surface area (Å²) in [5, 5.41) is 0. The zero-order chi connectivity index (χ0) is 20.0. The van der Waals surface area contributed by atoms with Crippen molar-refractivity contribution in [3.8, 4) is 11.1 Å². The molecule has 0 spiro atoms. The zero-order valence-corrected chi connectivity index (χ0v) is 18.2. The molecule has 2 aromatic rings. The molecule has 2 aromatic carbocycles. The van der Waals surface area contributed by atoms with Crippen LogP contribution in [0.3, 0.4) is 0 Å². The van der Waals surface area contributed by atoms with Crippen LogP contribution in [0.1, 0.15) is 89.8 Å². The Balaban J connectivity index is 2.68. The van der Waals surface area contributed by atoms with Crippen LogP contribution in [0.4, 0.5) is 4.39 Å². The fourth-order valence-corrected chi connectivity index (χ4v) is 4.60. The Morgan fingerprint density at radius 3 is 2.15 bits per heavy atom. The molecular formula is C26H37F. The van der Waals surface area contributed by atoms with Crippen molar-refractivity contribution in [3.05, 3.63) is 58.9 Å². The monoisotopic (exact) mass is 368 g/mol. The van der Waals surface area contributed by atoms with Gasteiger partial charge in [-0.25, -0.2) is 4.39 Å². The Hall–Kier alpha value is -1.63.